The lowest BCUT2D eigenvalue weighted by atomic mass is 10.1. The van der Waals surface area contributed by atoms with Crippen molar-refractivity contribution in [1.82, 2.24) is 5.32 Å². The first-order valence-corrected chi connectivity index (χ1v) is 7.27. The van der Waals surface area contributed by atoms with Crippen molar-refractivity contribution in [2.75, 3.05) is 31.7 Å². The van der Waals surface area contributed by atoms with Crippen LogP contribution in [0.25, 0.3) is 0 Å². The van der Waals surface area contributed by atoms with Gasteiger partial charge in [0.15, 0.2) is 0 Å². The fourth-order valence-corrected chi connectivity index (χ4v) is 1.59. The van der Waals surface area contributed by atoms with E-state index in [1.807, 2.05) is 52.0 Å². The number of hydrogen-bond acceptors (Lipinski definition) is 4. The zero-order chi connectivity index (χ0) is 15.7. The lowest BCUT2D eigenvalue weighted by Gasteiger charge is -2.20. The molecule has 0 atom stereocenters. The molecule has 0 bridgehead atoms. The molecule has 0 fully saturated rings. The normalized spacial score (nSPS) is 11.2. The first-order valence-electron chi connectivity index (χ1n) is 7.27. The van der Waals surface area contributed by atoms with Crippen LogP contribution in [0.4, 0.5) is 5.69 Å². The molecule has 118 valence electrons. The van der Waals surface area contributed by atoms with Gasteiger partial charge in [-0.05, 0) is 39.8 Å². The Labute approximate surface area is 127 Å². The summed E-state index contributed by atoms with van der Waals surface area (Å²) in [7, 11) is 0. The Bertz CT molecular complexity index is 441. The molecule has 0 aliphatic carbocycles. The van der Waals surface area contributed by atoms with E-state index in [0.717, 1.165) is 0 Å². The largest absolute Gasteiger partial charge is 0.489 e. The maximum absolute atomic E-state index is 11.9. The Morgan fingerprint density at radius 2 is 1.90 bits per heavy atom. The number of anilines is 1. The van der Waals surface area contributed by atoms with Crippen LogP contribution < -0.4 is 15.4 Å². The van der Waals surface area contributed by atoms with Gasteiger partial charge >= 0.3 is 0 Å². The average molecular weight is 294 g/mol. The van der Waals surface area contributed by atoms with E-state index in [0.29, 0.717) is 31.3 Å². The molecule has 0 aromatic heterocycles. The number of hydrogen-bond donors (Lipinski definition) is 2. The van der Waals surface area contributed by atoms with Crippen molar-refractivity contribution in [3.05, 3.63) is 24.3 Å². The summed E-state index contributed by atoms with van der Waals surface area (Å²) in [6.45, 7) is 9.92. The van der Waals surface area contributed by atoms with Gasteiger partial charge < -0.3 is 20.1 Å². The monoisotopic (exact) mass is 294 g/mol. The number of ether oxygens (including phenoxy) is 2. The molecule has 21 heavy (non-hydrogen) atoms. The lowest BCUT2D eigenvalue weighted by molar-refractivity contribution is -0.115. The summed E-state index contributed by atoms with van der Waals surface area (Å²) < 4.78 is 10.9. The molecule has 5 nitrogen and oxygen atoms in total. The van der Waals surface area contributed by atoms with Crippen LogP contribution in [0.2, 0.25) is 0 Å². The standard InChI is InChI=1S/C16H26N2O3/c1-5-20-10-11-21-14-9-7-6-8-13(14)18-15(19)12-17-16(2,3)4/h6-9,17H,5,10-12H2,1-4H3,(H,18,19). The summed E-state index contributed by atoms with van der Waals surface area (Å²) >= 11 is 0. The second-order valence-electron chi connectivity index (χ2n) is 5.69. The van der Waals surface area contributed by atoms with Crippen LogP contribution in [0.1, 0.15) is 27.7 Å². The highest BCUT2D eigenvalue weighted by molar-refractivity contribution is 5.93. The van der Waals surface area contributed by atoms with Crippen molar-refractivity contribution in [3.8, 4) is 5.75 Å². The molecule has 1 amide bonds. The molecular weight excluding hydrogens is 268 g/mol. The first-order chi connectivity index (χ1) is 9.92. The number of carbonyl (C=O) groups excluding carboxylic acids is 1. The van der Waals surface area contributed by atoms with E-state index in [1.54, 1.807) is 0 Å². The van der Waals surface area contributed by atoms with Gasteiger partial charge in [-0.15, -0.1) is 0 Å². The van der Waals surface area contributed by atoms with E-state index in [-0.39, 0.29) is 18.0 Å². The SMILES string of the molecule is CCOCCOc1ccccc1NC(=O)CNC(C)(C)C. The molecule has 1 aromatic rings. The van der Waals surface area contributed by atoms with Gasteiger partial charge in [0.1, 0.15) is 12.4 Å². The van der Waals surface area contributed by atoms with Gasteiger partial charge in [-0.2, -0.15) is 0 Å². The van der Waals surface area contributed by atoms with Crippen LogP contribution >= 0.6 is 0 Å². The molecule has 2 N–H and O–H groups in total. The van der Waals surface area contributed by atoms with E-state index < -0.39 is 0 Å². The number of amides is 1. The third-order valence-electron chi connectivity index (χ3n) is 2.63. The van der Waals surface area contributed by atoms with Gasteiger partial charge in [-0.25, -0.2) is 0 Å². The Kier molecular flexibility index (Phi) is 7.19. The first kappa shape index (κ1) is 17.5. The molecule has 1 aromatic carbocycles. The Morgan fingerprint density at radius 1 is 1.19 bits per heavy atom. The van der Waals surface area contributed by atoms with E-state index in [1.165, 1.54) is 0 Å². The second-order valence-corrected chi connectivity index (χ2v) is 5.69. The summed E-state index contributed by atoms with van der Waals surface area (Å²) in [6, 6.07) is 7.39. The van der Waals surface area contributed by atoms with Gasteiger partial charge in [0, 0.05) is 12.1 Å². The molecule has 0 spiro atoms. The molecule has 0 saturated carbocycles. The van der Waals surface area contributed by atoms with E-state index >= 15 is 0 Å². The summed E-state index contributed by atoms with van der Waals surface area (Å²) in [6.07, 6.45) is 0. The molecular formula is C16H26N2O3. The summed E-state index contributed by atoms with van der Waals surface area (Å²) in [5.41, 5.74) is 0.583. The predicted molar refractivity (Wildman–Crippen MR) is 84.8 cm³/mol. The van der Waals surface area contributed by atoms with Gasteiger partial charge in [0.05, 0.1) is 18.8 Å². The van der Waals surface area contributed by atoms with Gasteiger partial charge in [-0.3, -0.25) is 4.79 Å². The van der Waals surface area contributed by atoms with Crippen LogP contribution in [0.3, 0.4) is 0 Å². The predicted octanol–water partition coefficient (Wildman–Crippen LogP) is 2.43. The van der Waals surface area contributed by atoms with Gasteiger partial charge in [0.2, 0.25) is 5.91 Å². The summed E-state index contributed by atoms with van der Waals surface area (Å²) in [5, 5.41) is 6.01. The highest BCUT2D eigenvalue weighted by Crippen LogP contribution is 2.23. The van der Waals surface area contributed by atoms with E-state index in [2.05, 4.69) is 10.6 Å². The molecule has 0 radical (unpaired) electrons. The van der Waals surface area contributed by atoms with Gasteiger partial charge in [0.25, 0.3) is 0 Å². The average Bonchev–Trinajstić information content (AvgIpc) is 2.42. The van der Waals surface area contributed by atoms with E-state index in [9.17, 15) is 4.79 Å². The number of benzene rings is 1. The summed E-state index contributed by atoms with van der Waals surface area (Å²) in [4.78, 5) is 11.9. The highest BCUT2D eigenvalue weighted by Gasteiger charge is 2.12. The van der Waals surface area contributed by atoms with Crippen molar-refractivity contribution >= 4 is 11.6 Å². The zero-order valence-electron chi connectivity index (χ0n) is 13.4. The molecule has 5 heteroatoms. The number of carbonyl (C=O) groups is 1. The fraction of sp³-hybridized carbons (Fsp3) is 0.562. The molecule has 0 saturated heterocycles. The minimum absolute atomic E-state index is 0.0919. The third-order valence-corrected chi connectivity index (χ3v) is 2.63. The van der Waals surface area contributed by atoms with Crippen LogP contribution in [-0.4, -0.2) is 37.8 Å². The Balaban J connectivity index is 2.52. The van der Waals surface area contributed by atoms with Crippen LogP contribution in [0.15, 0.2) is 24.3 Å². The van der Waals surface area contributed by atoms with Crippen molar-refractivity contribution < 1.29 is 14.3 Å². The van der Waals surface area contributed by atoms with Crippen molar-refractivity contribution in [2.24, 2.45) is 0 Å². The third kappa shape index (κ3) is 7.68. The van der Waals surface area contributed by atoms with Gasteiger partial charge in [-0.1, -0.05) is 12.1 Å². The summed E-state index contributed by atoms with van der Waals surface area (Å²) in [5.74, 6) is 0.562. The molecule has 0 heterocycles. The topological polar surface area (TPSA) is 59.6 Å². The van der Waals surface area contributed by atoms with Crippen LogP contribution in [0.5, 0.6) is 5.75 Å². The number of rotatable bonds is 8. The van der Waals surface area contributed by atoms with Crippen molar-refractivity contribution in [1.29, 1.82) is 0 Å². The van der Waals surface area contributed by atoms with Crippen LogP contribution in [-0.2, 0) is 9.53 Å². The van der Waals surface area contributed by atoms with Crippen molar-refractivity contribution in [2.45, 2.75) is 33.2 Å². The maximum atomic E-state index is 11.9. The number of para-hydroxylation sites is 2. The minimum Gasteiger partial charge on any atom is -0.489 e. The lowest BCUT2D eigenvalue weighted by Crippen LogP contribution is -2.41. The smallest absolute Gasteiger partial charge is 0.238 e. The number of nitrogens with one attached hydrogen (secondary N) is 2. The van der Waals surface area contributed by atoms with Crippen LogP contribution in [0, 0.1) is 0 Å². The van der Waals surface area contributed by atoms with E-state index in [4.69, 9.17) is 9.47 Å². The Morgan fingerprint density at radius 3 is 2.57 bits per heavy atom. The highest BCUT2D eigenvalue weighted by atomic mass is 16.5. The zero-order valence-corrected chi connectivity index (χ0v) is 13.4. The Hall–Kier alpha value is -1.59. The molecule has 0 aliphatic rings. The molecule has 0 unspecified atom stereocenters. The van der Waals surface area contributed by atoms with Crippen molar-refractivity contribution in [3.63, 3.8) is 0 Å². The quantitative estimate of drug-likeness (QED) is 0.723. The molecule has 1 rings (SSSR count). The fourth-order valence-electron chi connectivity index (χ4n) is 1.59. The molecule has 0 aliphatic heterocycles. The minimum atomic E-state index is -0.0924. The maximum Gasteiger partial charge on any atom is 0.238 e. The second kappa shape index (κ2) is 8.64.